The zero-order valence-corrected chi connectivity index (χ0v) is 13.8. The first-order valence-corrected chi connectivity index (χ1v) is 8.09. The van der Waals surface area contributed by atoms with Gasteiger partial charge in [0.05, 0.1) is 5.56 Å². The zero-order valence-electron chi connectivity index (χ0n) is 12.2. The monoisotopic (exact) mass is 374 g/mol. The quantitative estimate of drug-likeness (QED) is 0.816. The summed E-state index contributed by atoms with van der Waals surface area (Å²) in [6.07, 6.45) is 3.95. The number of benzene rings is 1. The third-order valence-electron chi connectivity index (χ3n) is 3.43. The van der Waals surface area contributed by atoms with Gasteiger partial charge in [0.25, 0.3) is 5.91 Å². The third-order valence-corrected chi connectivity index (χ3v) is 3.86. The summed E-state index contributed by atoms with van der Waals surface area (Å²) in [5.74, 6) is -0.881. The van der Waals surface area contributed by atoms with E-state index < -0.39 is 12.1 Å². The molecule has 6 heteroatoms. The Morgan fingerprint density at radius 3 is 2.61 bits per heavy atom. The number of amides is 1. The van der Waals surface area contributed by atoms with Gasteiger partial charge in [-0.1, -0.05) is 30.3 Å². The van der Waals surface area contributed by atoms with Crippen LogP contribution < -0.4 is 5.32 Å². The highest BCUT2D eigenvalue weighted by atomic mass is 79.9. The summed E-state index contributed by atoms with van der Waals surface area (Å²) < 4.78 is 6.13. The lowest BCUT2D eigenvalue weighted by atomic mass is 10.1. The van der Waals surface area contributed by atoms with Crippen molar-refractivity contribution in [2.45, 2.75) is 25.0 Å². The van der Waals surface area contributed by atoms with E-state index in [4.69, 9.17) is 4.74 Å². The first-order valence-electron chi connectivity index (χ1n) is 7.30. The van der Waals surface area contributed by atoms with Crippen LogP contribution >= 0.6 is 15.9 Å². The van der Waals surface area contributed by atoms with Crippen LogP contribution in [0.1, 0.15) is 34.9 Å². The van der Waals surface area contributed by atoms with Crippen LogP contribution in [0.15, 0.2) is 53.3 Å². The van der Waals surface area contributed by atoms with Gasteiger partial charge in [-0.05, 0) is 34.8 Å². The summed E-state index contributed by atoms with van der Waals surface area (Å²) in [6.45, 7) is 0. The molecule has 23 heavy (non-hydrogen) atoms. The molecule has 0 saturated heterocycles. The number of carbonyl (C=O) groups excluding carboxylic acids is 2. The summed E-state index contributed by atoms with van der Waals surface area (Å²) in [6, 6.07) is 10.8. The molecule has 1 heterocycles. The number of hydrogen-bond acceptors (Lipinski definition) is 4. The third kappa shape index (κ3) is 4.16. The maximum Gasteiger partial charge on any atom is 0.340 e. The molecule has 1 saturated carbocycles. The maximum atomic E-state index is 12.4. The van der Waals surface area contributed by atoms with Gasteiger partial charge in [0, 0.05) is 28.5 Å². The number of hydrogen-bond donors (Lipinski definition) is 1. The van der Waals surface area contributed by atoms with Crippen LogP contribution in [0.4, 0.5) is 0 Å². The SMILES string of the molecule is O=C(O[C@@H](C(=O)NC1CC1)c1ccccc1)c1cncc(Br)c1. The molecule has 0 radical (unpaired) electrons. The number of esters is 1. The van der Waals surface area contributed by atoms with E-state index in [0.29, 0.717) is 15.6 Å². The molecule has 0 bridgehead atoms. The molecule has 5 nitrogen and oxygen atoms in total. The topological polar surface area (TPSA) is 68.3 Å². The molecule has 0 spiro atoms. The van der Waals surface area contributed by atoms with Gasteiger partial charge in [-0.15, -0.1) is 0 Å². The van der Waals surface area contributed by atoms with Gasteiger partial charge in [-0.3, -0.25) is 9.78 Å². The normalized spacial score (nSPS) is 14.8. The van der Waals surface area contributed by atoms with E-state index in [2.05, 4.69) is 26.2 Å². The lowest BCUT2D eigenvalue weighted by Crippen LogP contribution is -2.33. The number of ether oxygens (including phenoxy) is 1. The highest BCUT2D eigenvalue weighted by Gasteiger charge is 2.31. The summed E-state index contributed by atoms with van der Waals surface area (Å²) >= 11 is 3.26. The Hall–Kier alpha value is -2.21. The van der Waals surface area contributed by atoms with Crippen molar-refractivity contribution in [3.05, 3.63) is 64.4 Å². The van der Waals surface area contributed by atoms with Crippen molar-refractivity contribution in [2.24, 2.45) is 0 Å². The minimum absolute atomic E-state index is 0.194. The second-order valence-electron chi connectivity index (χ2n) is 5.37. The van der Waals surface area contributed by atoms with Gasteiger partial charge in [0.1, 0.15) is 0 Å². The largest absolute Gasteiger partial charge is 0.444 e. The van der Waals surface area contributed by atoms with E-state index in [1.807, 2.05) is 6.07 Å². The number of carbonyl (C=O) groups is 2. The molecule has 1 atom stereocenters. The maximum absolute atomic E-state index is 12.4. The van der Waals surface area contributed by atoms with Crippen molar-refractivity contribution in [2.75, 3.05) is 0 Å². The molecule has 3 rings (SSSR count). The van der Waals surface area contributed by atoms with Crippen LogP contribution in [0.2, 0.25) is 0 Å². The number of nitrogens with zero attached hydrogens (tertiary/aromatic N) is 1. The molecule has 1 N–H and O–H groups in total. The van der Waals surface area contributed by atoms with Crippen molar-refractivity contribution >= 4 is 27.8 Å². The molecule has 1 fully saturated rings. The van der Waals surface area contributed by atoms with Gasteiger partial charge in [0.15, 0.2) is 0 Å². The Morgan fingerprint density at radius 1 is 1.22 bits per heavy atom. The van der Waals surface area contributed by atoms with E-state index >= 15 is 0 Å². The fourth-order valence-corrected chi connectivity index (χ4v) is 2.47. The number of aromatic nitrogens is 1. The molecule has 1 aliphatic carbocycles. The average molecular weight is 375 g/mol. The summed E-state index contributed by atoms with van der Waals surface area (Å²) in [4.78, 5) is 28.7. The highest BCUT2D eigenvalue weighted by Crippen LogP contribution is 2.24. The molecule has 1 aromatic heterocycles. The van der Waals surface area contributed by atoms with Gasteiger partial charge in [-0.2, -0.15) is 0 Å². The molecule has 118 valence electrons. The first kappa shape index (κ1) is 15.7. The van der Waals surface area contributed by atoms with Crippen LogP contribution in [0.3, 0.4) is 0 Å². The Labute approximate surface area is 142 Å². The van der Waals surface area contributed by atoms with Gasteiger partial charge in [-0.25, -0.2) is 4.79 Å². The van der Waals surface area contributed by atoms with Crippen LogP contribution in [0.25, 0.3) is 0 Å². The van der Waals surface area contributed by atoms with Crippen LogP contribution in [0, 0.1) is 0 Å². The highest BCUT2D eigenvalue weighted by molar-refractivity contribution is 9.10. The molecule has 0 unspecified atom stereocenters. The number of halogens is 1. The number of nitrogens with one attached hydrogen (secondary N) is 1. The molecule has 1 aliphatic rings. The molecule has 0 aliphatic heterocycles. The summed E-state index contributed by atoms with van der Waals surface area (Å²) in [5.41, 5.74) is 0.932. The van der Waals surface area contributed by atoms with Crippen molar-refractivity contribution in [1.82, 2.24) is 10.3 Å². The molecule has 2 aromatic rings. The summed E-state index contributed by atoms with van der Waals surface area (Å²) in [5, 5.41) is 2.88. The summed E-state index contributed by atoms with van der Waals surface area (Å²) in [7, 11) is 0. The number of pyridine rings is 1. The van der Waals surface area contributed by atoms with Crippen LogP contribution in [0.5, 0.6) is 0 Å². The second-order valence-corrected chi connectivity index (χ2v) is 6.29. The van der Waals surface area contributed by atoms with Gasteiger partial charge in [0.2, 0.25) is 6.10 Å². The Balaban J connectivity index is 1.80. The predicted molar refractivity (Wildman–Crippen MR) is 87.7 cm³/mol. The minimum Gasteiger partial charge on any atom is -0.444 e. The zero-order chi connectivity index (χ0) is 16.2. The average Bonchev–Trinajstić information content (AvgIpc) is 3.37. The lowest BCUT2D eigenvalue weighted by molar-refractivity contribution is -0.130. The van der Waals surface area contributed by atoms with Crippen molar-refractivity contribution in [1.29, 1.82) is 0 Å². The first-order chi connectivity index (χ1) is 11.1. The van der Waals surface area contributed by atoms with E-state index in [1.54, 1.807) is 36.5 Å². The van der Waals surface area contributed by atoms with Crippen LogP contribution in [-0.4, -0.2) is 22.9 Å². The Morgan fingerprint density at radius 2 is 1.96 bits per heavy atom. The molecular weight excluding hydrogens is 360 g/mol. The van der Waals surface area contributed by atoms with Gasteiger partial charge >= 0.3 is 5.97 Å². The Kier molecular flexibility index (Phi) is 4.71. The molecular formula is C17H15BrN2O3. The van der Waals surface area contributed by atoms with Crippen LogP contribution in [-0.2, 0) is 9.53 Å². The van der Waals surface area contributed by atoms with E-state index in [9.17, 15) is 9.59 Å². The smallest absolute Gasteiger partial charge is 0.340 e. The van der Waals surface area contributed by atoms with E-state index in [0.717, 1.165) is 12.8 Å². The van der Waals surface area contributed by atoms with E-state index in [-0.39, 0.29) is 11.9 Å². The fraction of sp³-hybridized carbons (Fsp3) is 0.235. The molecule has 1 aromatic carbocycles. The standard InChI is InChI=1S/C17H15BrN2O3/c18-13-8-12(9-19-10-13)17(22)23-15(11-4-2-1-3-5-11)16(21)20-14-6-7-14/h1-5,8-10,14-15H,6-7H2,(H,20,21)/t15-/m1/s1. The van der Waals surface area contributed by atoms with Gasteiger partial charge < -0.3 is 10.1 Å². The minimum atomic E-state index is -0.969. The number of rotatable bonds is 5. The Bertz CT molecular complexity index is 717. The lowest BCUT2D eigenvalue weighted by Gasteiger charge is -2.18. The van der Waals surface area contributed by atoms with Crippen molar-refractivity contribution in [3.8, 4) is 0 Å². The van der Waals surface area contributed by atoms with Crippen molar-refractivity contribution < 1.29 is 14.3 Å². The second kappa shape index (κ2) is 6.91. The molecule has 1 amide bonds. The van der Waals surface area contributed by atoms with Crippen molar-refractivity contribution in [3.63, 3.8) is 0 Å². The predicted octanol–water partition coefficient (Wildman–Crippen LogP) is 3.02. The fourth-order valence-electron chi connectivity index (χ4n) is 2.10. The van der Waals surface area contributed by atoms with E-state index in [1.165, 1.54) is 6.20 Å².